The lowest BCUT2D eigenvalue weighted by molar-refractivity contribution is 1.54. The van der Waals surface area contributed by atoms with Gasteiger partial charge in [-0.05, 0) is 34.0 Å². The van der Waals surface area contributed by atoms with E-state index in [2.05, 4.69) is 61.5 Å². The van der Waals surface area contributed by atoms with Crippen LogP contribution in [0.1, 0.15) is 5.56 Å². The highest BCUT2D eigenvalue weighted by Gasteiger charge is 2.00. The number of hydrogen-bond donors (Lipinski definition) is 0. The van der Waals surface area contributed by atoms with Crippen molar-refractivity contribution < 1.29 is 0 Å². The van der Waals surface area contributed by atoms with Crippen molar-refractivity contribution in [3.05, 3.63) is 60.2 Å². The van der Waals surface area contributed by atoms with Gasteiger partial charge in [0, 0.05) is 0 Å². The maximum atomic E-state index is 2.22. The van der Waals surface area contributed by atoms with E-state index in [0.717, 1.165) is 0 Å². The molecule has 0 radical (unpaired) electrons. The first-order valence-corrected chi connectivity index (χ1v) is 5.23. The van der Waals surface area contributed by atoms with Gasteiger partial charge in [0.2, 0.25) is 0 Å². The van der Waals surface area contributed by atoms with Crippen LogP contribution in [-0.4, -0.2) is 0 Å². The van der Waals surface area contributed by atoms with E-state index < -0.39 is 0 Å². The van der Waals surface area contributed by atoms with Gasteiger partial charge in [-0.1, -0.05) is 54.6 Å². The van der Waals surface area contributed by atoms with Crippen LogP contribution in [0.25, 0.3) is 21.5 Å². The minimum absolute atomic E-state index is 0. The summed E-state index contributed by atoms with van der Waals surface area (Å²) in [6, 6.07) is 19.5. The van der Waals surface area contributed by atoms with E-state index in [0.29, 0.717) is 0 Å². The van der Waals surface area contributed by atoms with Gasteiger partial charge in [0.25, 0.3) is 0 Å². The van der Waals surface area contributed by atoms with Crippen LogP contribution in [-0.2, 0) is 0 Å². The topological polar surface area (TPSA) is 0 Å². The minimum atomic E-state index is 0. The van der Waals surface area contributed by atoms with Crippen LogP contribution in [0, 0.1) is 6.92 Å². The molecule has 0 aromatic heterocycles. The van der Waals surface area contributed by atoms with Crippen LogP contribution in [0.3, 0.4) is 0 Å². The molecule has 0 saturated carbocycles. The average Bonchev–Trinajstić information content (AvgIpc) is 2.29. The van der Waals surface area contributed by atoms with Crippen LogP contribution in [0.2, 0.25) is 0 Å². The lowest BCUT2D eigenvalue weighted by Gasteiger charge is -2.05. The first-order valence-electron chi connectivity index (χ1n) is 5.23. The molecule has 80 valence electrons. The highest BCUT2D eigenvalue weighted by Crippen LogP contribution is 2.26. The van der Waals surface area contributed by atoms with Crippen LogP contribution in [0.4, 0.5) is 0 Å². The van der Waals surface area contributed by atoms with Crippen LogP contribution < -0.4 is 0 Å². The Bertz CT molecular complexity index is 641. The first-order chi connectivity index (χ1) is 7.36. The number of benzene rings is 3. The second kappa shape index (κ2) is 4.42. The molecule has 0 unspecified atom stereocenters. The summed E-state index contributed by atoms with van der Waals surface area (Å²) in [6.07, 6.45) is 0. The largest absolute Gasteiger partial charge is 0.107 e. The van der Waals surface area contributed by atoms with E-state index in [1.165, 1.54) is 27.1 Å². The quantitative estimate of drug-likeness (QED) is 0.407. The van der Waals surface area contributed by atoms with Crippen LogP contribution in [0.15, 0.2) is 54.6 Å². The SMILES string of the molecule is Cc1cccc2c1ccc1ccccc12.I. The number of rotatable bonds is 0. The second-order valence-electron chi connectivity index (χ2n) is 3.96. The van der Waals surface area contributed by atoms with Crippen molar-refractivity contribution in [2.24, 2.45) is 0 Å². The fourth-order valence-corrected chi connectivity index (χ4v) is 2.20. The molecule has 0 aliphatic rings. The summed E-state index contributed by atoms with van der Waals surface area (Å²) in [6.45, 7) is 2.16. The minimum Gasteiger partial charge on any atom is -0.107 e. The smallest absolute Gasteiger partial charge is 0.0103 e. The average molecular weight is 320 g/mol. The second-order valence-corrected chi connectivity index (χ2v) is 3.96. The molecule has 0 saturated heterocycles. The number of fused-ring (bicyclic) bond motifs is 3. The Morgan fingerprint density at radius 2 is 1.38 bits per heavy atom. The third-order valence-corrected chi connectivity index (χ3v) is 3.00. The Morgan fingerprint density at radius 3 is 2.25 bits per heavy atom. The van der Waals surface area contributed by atoms with Gasteiger partial charge in [-0.2, -0.15) is 0 Å². The molecule has 0 aliphatic carbocycles. The zero-order valence-electron chi connectivity index (χ0n) is 9.10. The van der Waals surface area contributed by atoms with E-state index in [9.17, 15) is 0 Å². The maximum Gasteiger partial charge on any atom is -0.0103 e. The molecule has 0 bridgehead atoms. The standard InChI is InChI=1S/C15H12.HI/c1-11-5-4-8-15-13(11)10-9-12-6-2-3-7-14(12)15;/h2-10H,1H3;1H. The Hall–Kier alpha value is -1.09. The van der Waals surface area contributed by atoms with E-state index in [1.54, 1.807) is 0 Å². The van der Waals surface area contributed by atoms with Crippen molar-refractivity contribution in [1.82, 2.24) is 0 Å². The summed E-state index contributed by atoms with van der Waals surface area (Å²) in [5.74, 6) is 0. The third-order valence-electron chi connectivity index (χ3n) is 3.00. The zero-order valence-corrected chi connectivity index (χ0v) is 11.4. The molecule has 0 amide bonds. The van der Waals surface area contributed by atoms with Crippen molar-refractivity contribution in [3.63, 3.8) is 0 Å². The molecule has 0 spiro atoms. The van der Waals surface area contributed by atoms with Crippen molar-refractivity contribution in [1.29, 1.82) is 0 Å². The fourth-order valence-electron chi connectivity index (χ4n) is 2.20. The normalized spacial score (nSPS) is 10.3. The Balaban J connectivity index is 0.000000963. The molecule has 16 heavy (non-hydrogen) atoms. The zero-order chi connectivity index (χ0) is 10.3. The molecule has 0 heterocycles. The van der Waals surface area contributed by atoms with E-state index >= 15 is 0 Å². The van der Waals surface area contributed by atoms with Gasteiger partial charge < -0.3 is 0 Å². The van der Waals surface area contributed by atoms with Crippen molar-refractivity contribution in [2.45, 2.75) is 6.92 Å². The predicted molar refractivity (Wildman–Crippen MR) is 81.6 cm³/mol. The fraction of sp³-hybridized carbons (Fsp3) is 0.0667. The molecular weight excluding hydrogens is 307 g/mol. The number of aryl methyl sites for hydroxylation is 1. The van der Waals surface area contributed by atoms with Crippen LogP contribution >= 0.6 is 24.0 Å². The number of halogens is 1. The summed E-state index contributed by atoms with van der Waals surface area (Å²) in [7, 11) is 0. The molecule has 3 aromatic rings. The van der Waals surface area contributed by atoms with Gasteiger partial charge in [-0.25, -0.2) is 0 Å². The molecule has 1 heteroatoms. The van der Waals surface area contributed by atoms with Crippen molar-refractivity contribution in [2.75, 3.05) is 0 Å². The van der Waals surface area contributed by atoms with E-state index in [1.807, 2.05) is 0 Å². The molecule has 0 fully saturated rings. The highest BCUT2D eigenvalue weighted by molar-refractivity contribution is 14.0. The summed E-state index contributed by atoms with van der Waals surface area (Å²) < 4.78 is 0. The lowest BCUT2D eigenvalue weighted by atomic mass is 9.99. The first kappa shape index (κ1) is 11.4. The summed E-state index contributed by atoms with van der Waals surface area (Å²) in [5, 5.41) is 5.37. The Kier molecular flexibility index (Phi) is 3.15. The van der Waals surface area contributed by atoms with Crippen LogP contribution in [0.5, 0.6) is 0 Å². The monoisotopic (exact) mass is 320 g/mol. The van der Waals surface area contributed by atoms with Crippen molar-refractivity contribution in [3.8, 4) is 0 Å². The highest BCUT2D eigenvalue weighted by atomic mass is 127. The molecule has 0 aliphatic heterocycles. The number of hydrogen-bond acceptors (Lipinski definition) is 0. The van der Waals surface area contributed by atoms with Gasteiger partial charge in [0.1, 0.15) is 0 Å². The van der Waals surface area contributed by atoms with Gasteiger partial charge in [-0.15, -0.1) is 24.0 Å². The maximum absolute atomic E-state index is 2.22. The molecule has 0 nitrogen and oxygen atoms in total. The van der Waals surface area contributed by atoms with Crippen molar-refractivity contribution >= 4 is 45.5 Å². The molecule has 3 rings (SSSR count). The molecule has 3 aromatic carbocycles. The van der Waals surface area contributed by atoms with Gasteiger partial charge in [0.05, 0.1) is 0 Å². The third kappa shape index (κ3) is 1.69. The lowest BCUT2D eigenvalue weighted by Crippen LogP contribution is -1.80. The van der Waals surface area contributed by atoms with Gasteiger partial charge in [-0.3, -0.25) is 0 Å². The summed E-state index contributed by atoms with van der Waals surface area (Å²) in [5.41, 5.74) is 1.35. The Morgan fingerprint density at radius 1 is 0.625 bits per heavy atom. The molecule has 0 atom stereocenters. The van der Waals surface area contributed by atoms with Gasteiger partial charge >= 0.3 is 0 Å². The predicted octanol–water partition coefficient (Wildman–Crippen LogP) is 4.92. The van der Waals surface area contributed by atoms with Gasteiger partial charge in [0.15, 0.2) is 0 Å². The summed E-state index contributed by atoms with van der Waals surface area (Å²) in [4.78, 5) is 0. The van der Waals surface area contributed by atoms with E-state index in [-0.39, 0.29) is 24.0 Å². The Labute approximate surface area is 112 Å². The molecular formula is C15H13I. The molecule has 0 N–H and O–H groups in total. The van der Waals surface area contributed by atoms with E-state index in [4.69, 9.17) is 0 Å². The summed E-state index contributed by atoms with van der Waals surface area (Å²) >= 11 is 0.